The Morgan fingerprint density at radius 1 is 1.07 bits per heavy atom. The Balaban J connectivity index is 1.97. The third kappa shape index (κ3) is 4.86. The highest BCUT2D eigenvalue weighted by Crippen LogP contribution is 2.26. The maximum Gasteiger partial charge on any atom is 0.175 e. The van der Waals surface area contributed by atoms with E-state index in [-0.39, 0.29) is 11.5 Å². The normalized spacial score (nSPS) is 11.7. The zero-order valence-corrected chi connectivity index (χ0v) is 16.8. The molecule has 0 bridgehead atoms. The molecule has 0 spiro atoms. The molecule has 6 nitrogen and oxygen atoms in total. The van der Waals surface area contributed by atoms with E-state index >= 15 is 0 Å². The Kier molecular flexibility index (Phi) is 6.28. The first kappa shape index (κ1) is 20.3. The Labute approximate surface area is 165 Å². The first-order valence-corrected chi connectivity index (χ1v) is 10.9. The SMILES string of the molecule is Cc1ccc(-n2nc(COCCCO)cc2-c2ccc(S(C)(=O)=O)cc2)cc1. The highest BCUT2D eigenvalue weighted by molar-refractivity contribution is 7.90. The number of nitrogens with zero attached hydrogens (tertiary/aromatic N) is 2. The Bertz CT molecular complexity index is 1020. The highest BCUT2D eigenvalue weighted by atomic mass is 32.2. The molecule has 1 aromatic heterocycles. The predicted molar refractivity (Wildman–Crippen MR) is 108 cm³/mol. The van der Waals surface area contributed by atoms with Gasteiger partial charge in [-0.25, -0.2) is 13.1 Å². The van der Waals surface area contributed by atoms with Gasteiger partial charge in [0.2, 0.25) is 0 Å². The second kappa shape index (κ2) is 8.68. The van der Waals surface area contributed by atoms with Gasteiger partial charge in [0.05, 0.1) is 28.6 Å². The molecular weight excluding hydrogens is 376 g/mol. The van der Waals surface area contributed by atoms with Gasteiger partial charge in [-0.3, -0.25) is 0 Å². The van der Waals surface area contributed by atoms with Crippen LogP contribution < -0.4 is 0 Å². The summed E-state index contributed by atoms with van der Waals surface area (Å²) in [6.07, 6.45) is 1.78. The first-order chi connectivity index (χ1) is 13.4. The van der Waals surface area contributed by atoms with Crippen LogP contribution >= 0.6 is 0 Å². The van der Waals surface area contributed by atoms with E-state index in [2.05, 4.69) is 5.10 Å². The molecule has 3 rings (SSSR count). The third-order valence-corrected chi connectivity index (χ3v) is 5.44. The summed E-state index contributed by atoms with van der Waals surface area (Å²) < 4.78 is 30.9. The minimum absolute atomic E-state index is 0.0930. The van der Waals surface area contributed by atoms with E-state index in [0.29, 0.717) is 19.6 Å². The van der Waals surface area contributed by atoms with Crippen LogP contribution in [0.5, 0.6) is 0 Å². The Hall–Kier alpha value is -2.48. The second-order valence-electron chi connectivity index (χ2n) is 6.69. The van der Waals surface area contributed by atoms with Crippen LogP contribution in [-0.4, -0.2) is 42.8 Å². The number of aliphatic hydroxyl groups excluding tert-OH is 1. The first-order valence-electron chi connectivity index (χ1n) is 9.03. The number of aliphatic hydroxyl groups is 1. The largest absolute Gasteiger partial charge is 0.396 e. The molecule has 0 saturated heterocycles. The molecule has 0 atom stereocenters. The van der Waals surface area contributed by atoms with Gasteiger partial charge in [-0.2, -0.15) is 5.10 Å². The predicted octanol–water partition coefficient (Wildman–Crippen LogP) is 3.15. The van der Waals surface area contributed by atoms with Gasteiger partial charge in [-0.15, -0.1) is 0 Å². The van der Waals surface area contributed by atoms with Crippen LogP contribution in [0.2, 0.25) is 0 Å². The molecular formula is C21H24N2O4S. The smallest absolute Gasteiger partial charge is 0.175 e. The molecule has 28 heavy (non-hydrogen) atoms. The van der Waals surface area contributed by atoms with E-state index in [4.69, 9.17) is 9.84 Å². The highest BCUT2D eigenvalue weighted by Gasteiger charge is 2.14. The molecule has 3 aromatic rings. The topological polar surface area (TPSA) is 81.4 Å². The molecule has 0 aliphatic carbocycles. The summed E-state index contributed by atoms with van der Waals surface area (Å²) in [6.45, 7) is 2.92. The van der Waals surface area contributed by atoms with Gasteiger partial charge in [-0.05, 0) is 43.7 Å². The van der Waals surface area contributed by atoms with Crippen molar-refractivity contribution in [2.75, 3.05) is 19.5 Å². The third-order valence-electron chi connectivity index (χ3n) is 4.31. The average molecular weight is 401 g/mol. The van der Waals surface area contributed by atoms with Gasteiger partial charge in [0.15, 0.2) is 9.84 Å². The number of aryl methyl sites for hydroxylation is 1. The van der Waals surface area contributed by atoms with E-state index in [9.17, 15) is 8.42 Å². The minimum atomic E-state index is -3.24. The molecule has 0 amide bonds. The summed E-state index contributed by atoms with van der Waals surface area (Å²) in [7, 11) is -3.24. The van der Waals surface area contributed by atoms with Crippen LogP contribution in [0.4, 0.5) is 0 Å². The molecule has 1 N–H and O–H groups in total. The van der Waals surface area contributed by atoms with Crippen molar-refractivity contribution in [3.8, 4) is 16.9 Å². The lowest BCUT2D eigenvalue weighted by Gasteiger charge is -2.08. The van der Waals surface area contributed by atoms with Crippen LogP contribution in [0, 0.1) is 6.92 Å². The van der Waals surface area contributed by atoms with Crippen molar-refractivity contribution in [3.05, 3.63) is 65.9 Å². The summed E-state index contributed by atoms with van der Waals surface area (Å²) in [5, 5.41) is 13.5. The maximum absolute atomic E-state index is 11.7. The molecule has 1 heterocycles. The monoisotopic (exact) mass is 400 g/mol. The number of sulfone groups is 1. The number of benzene rings is 2. The van der Waals surface area contributed by atoms with Crippen molar-refractivity contribution in [2.45, 2.75) is 24.8 Å². The van der Waals surface area contributed by atoms with Crippen LogP contribution in [0.1, 0.15) is 17.7 Å². The number of aromatic nitrogens is 2. The van der Waals surface area contributed by atoms with Crippen molar-refractivity contribution in [3.63, 3.8) is 0 Å². The fourth-order valence-electron chi connectivity index (χ4n) is 2.81. The van der Waals surface area contributed by atoms with Crippen LogP contribution in [0.25, 0.3) is 16.9 Å². The van der Waals surface area contributed by atoms with Crippen molar-refractivity contribution >= 4 is 9.84 Å². The van der Waals surface area contributed by atoms with Gasteiger partial charge in [-0.1, -0.05) is 29.8 Å². The molecule has 0 radical (unpaired) electrons. The van der Waals surface area contributed by atoms with Gasteiger partial charge in [0.25, 0.3) is 0 Å². The van der Waals surface area contributed by atoms with Gasteiger partial charge in [0, 0.05) is 25.0 Å². The fourth-order valence-corrected chi connectivity index (χ4v) is 3.44. The van der Waals surface area contributed by atoms with Gasteiger partial charge in [0.1, 0.15) is 0 Å². The lowest BCUT2D eigenvalue weighted by atomic mass is 10.1. The molecule has 0 aliphatic heterocycles. The summed E-state index contributed by atoms with van der Waals surface area (Å²) in [5.41, 5.74) is 4.55. The summed E-state index contributed by atoms with van der Waals surface area (Å²) in [4.78, 5) is 0.283. The lowest BCUT2D eigenvalue weighted by molar-refractivity contribution is 0.102. The van der Waals surface area contributed by atoms with E-state index in [0.717, 1.165) is 28.2 Å². The fraction of sp³-hybridized carbons (Fsp3) is 0.286. The zero-order valence-electron chi connectivity index (χ0n) is 16.0. The summed E-state index contributed by atoms with van der Waals surface area (Å²) >= 11 is 0. The number of rotatable bonds is 8. The van der Waals surface area contributed by atoms with Crippen molar-refractivity contribution in [2.24, 2.45) is 0 Å². The molecule has 2 aromatic carbocycles. The van der Waals surface area contributed by atoms with E-state index in [1.165, 1.54) is 6.26 Å². The van der Waals surface area contributed by atoms with Crippen molar-refractivity contribution < 1.29 is 18.3 Å². The molecule has 0 aliphatic rings. The lowest BCUT2D eigenvalue weighted by Crippen LogP contribution is -2.02. The van der Waals surface area contributed by atoms with Gasteiger partial charge < -0.3 is 9.84 Å². The minimum Gasteiger partial charge on any atom is -0.396 e. The molecule has 0 saturated carbocycles. The summed E-state index contributed by atoms with van der Waals surface area (Å²) in [6, 6.07) is 16.7. The van der Waals surface area contributed by atoms with E-state index in [1.54, 1.807) is 24.3 Å². The van der Waals surface area contributed by atoms with E-state index in [1.807, 2.05) is 41.9 Å². The number of hydrogen-bond acceptors (Lipinski definition) is 5. The second-order valence-corrected chi connectivity index (χ2v) is 8.71. The Morgan fingerprint density at radius 2 is 1.75 bits per heavy atom. The number of ether oxygens (including phenoxy) is 1. The molecule has 148 valence electrons. The maximum atomic E-state index is 11.7. The standard InChI is InChI=1S/C21H24N2O4S/c1-16-4-8-19(9-5-16)23-21(14-18(22-23)15-27-13-3-12-24)17-6-10-20(11-7-17)28(2,25)26/h4-11,14,24H,3,12-13,15H2,1-2H3. The van der Waals surface area contributed by atoms with E-state index < -0.39 is 9.84 Å². The quantitative estimate of drug-likeness (QED) is 0.588. The molecule has 0 unspecified atom stereocenters. The summed E-state index contributed by atoms with van der Waals surface area (Å²) in [5.74, 6) is 0. The van der Waals surface area contributed by atoms with Crippen LogP contribution in [0.15, 0.2) is 59.5 Å². The van der Waals surface area contributed by atoms with Gasteiger partial charge >= 0.3 is 0 Å². The molecule has 0 fully saturated rings. The van der Waals surface area contributed by atoms with Crippen LogP contribution in [0.3, 0.4) is 0 Å². The average Bonchev–Trinajstić information content (AvgIpc) is 3.09. The van der Waals surface area contributed by atoms with Crippen molar-refractivity contribution in [1.29, 1.82) is 0 Å². The zero-order chi connectivity index (χ0) is 20.1. The van der Waals surface area contributed by atoms with Crippen molar-refractivity contribution in [1.82, 2.24) is 9.78 Å². The Morgan fingerprint density at radius 3 is 2.36 bits per heavy atom. The van der Waals surface area contributed by atoms with Crippen LogP contribution in [-0.2, 0) is 21.2 Å². The number of hydrogen-bond donors (Lipinski definition) is 1. The molecule has 7 heteroatoms.